The minimum Gasteiger partial charge on any atom is -0.300 e. The second-order valence-corrected chi connectivity index (χ2v) is 7.05. The molecular weight excluding hydrogens is 328 g/mol. The second kappa shape index (κ2) is 7.53. The lowest BCUT2D eigenvalue weighted by molar-refractivity contribution is -0.115. The Bertz CT molecular complexity index is 875. The summed E-state index contributed by atoms with van der Waals surface area (Å²) in [6.07, 6.45) is 3.96. The smallest absolute Gasteiger partial charge is 0.264 e. The van der Waals surface area contributed by atoms with Gasteiger partial charge in [-0.15, -0.1) is 0 Å². The van der Waals surface area contributed by atoms with Crippen molar-refractivity contribution < 1.29 is 4.79 Å². The molecule has 3 rings (SSSR count). The number of para-hydroxylation sites is 1. The Kier molecular flexibility index (Phi) is 5.19. The standard InChI is InChI=1S/C21H20N2OS/c1-14(12-17-10-5-4-6-11-17)13-18-20(24)23-21(25-18)22-19-15(2)8-7-9-16(19)3/h4-13H,1-3H3,(H,22,23,24)/b14-12+,18-13-. The Morgan fingerprint density at radius 3 is 2.40 bits per heavy atom. The number of hydrogen-bond donors (Lipinski definition) is 1. The molecule has 1 amide bonds. The van der Waals surface area contributed by atoms with E-state index in [1.165, 1.54) is 11.8 Å². The maximum Gasteiger partial charge on any atom is 0.264 e. The average Bonchev–Trinajstić information content (AvgIpc) is 2.91. The molecule has 1 heterocycles. The van der Waals surface area contributed by atoms with E-state index >= 15 is 0 Å². The van der Waals surface area contributed by atoms with Gasteiger partial charge in [0.1, 0.15) is 0 Å². The molecule has 1 aliphatic rings. The van der Waals surface area contributed by atoms with Crippen LogP contribution in [-0.2, 0) is 4.79 Å². The number of thioether (sulfide) groups is 1. The van der Waals surface area contributed by atoms with Gasteiger partial charge >= 0.3 is 0 Å². The molecule has 0 saturated carbocycles. The van der Waals surface area contributed by atoms with Crippen LogP contribution in [0.2, 0.25) is 0 Å². The Balaban J connectivity index is 1.83. The molecule has 1 fully saturated rings. The van der Waals surface area contributed by atoms with E-state index in [0.717, 1.165) is 28.0 Å². The highest BCUT2D eigenvalue weighted by Gasteiger charge is 2.24. The van der Waals surface area contributed by atoms with E-state index in [1.807, 2.05) is 75.4 Å². The van der Waals surface area contributed by atoms with Crippen LogP contribution in [0.4, 0.5) is 5.69 Å². The molecule has 0 unspecified atom stereocenters. The Labute approximate surface area is 152 Å². The molecule has 1 saturated heterocycles. The average molecular weight is 348 g/mol. The number of amidine groups is 1. The number of benzene rings is 2. The first kappa shape index (κ1) is 17.2. The number of hydrogen-bond acceptors (Lipinski definition) is 3. The van der Waals surface area contributed by atoms with Crippen LogP contribution in [0.5, 0.6) is 0 Å². The minimum atomic E-state index is -0.101. The van der Waals surface area contributed by atoms with Gasteiger partial charge < -0.3 is 5.32 Å². The third kappa shape index (κ3) is 4.28. The quantitative estimate of drug-likeness (QED) is 0.780. The summed E-state index contributed by atoms with van der Waals surface area (Å²) in [5.74, 6) is -0.101. The van der Waals surface area contributed by atoms with Gasteiger partial charge in [0.2, 0.25) is 0 Å². The van der Waals surface area contributed by atoms with E-state index in [-0.39, 0.29) is 5.91 Å². The van der Waals surface area contributed by atoms with Crippen molar-refractivity contribution in [3.8, 4) is 0 Å². The third-order valence-corrected chi connectivity index (χ3v) is 4.77. The predicted molar refractivity (Wildman–Crippen MR) is 107 cm³/mol. The van der Waals surface area contributed by atoms with Gasteiger partial charge in [-0.3, -0.25) is 4.79 Å². The highest BCUT2D eigenvalue weighted by Crippen LogP contribution is 2.30. The van der Waals surface area contributed by atoms with Crippen molar-refractivity contribution >= 4 is 34.6 Å². The van der Waals surface area contributed by atoms with Crippen molar-refractivity contribution in [1.29, 1.82) is 0 Å². The van der Waals surface area contributed by atoms with Gasteiger partial charge in [-0.25, -0.2) is 4.99 Å². The Hall–Kier alpha value is -2.59. The summed E-state index contributed by atoms with van der Waals surface area (Å²) in [6.45, 7) is 6.04. The van der Waals surface area contributed by atoms with Crippen LogP contribution in [0.1, 0.15) is 23.6 Å². The lowest BCUT2D eigenvalue weighted by Crippen LogP contribution is -2.19. The molecular formula is C21H20N2OS. The largest absolute Gasteiger partial charge is 0.300 e. The molecule has 2 aromatic carbocycles. The molecule has 0 radical (unpaired) electrons. The van der Waals surface area contributed by atoms with E-state index < -0.39 is 0 Å². The lowest BCUT2D eigenvalue weighted by atomic mass is 10.1. The molecule has 0 atom stereocenters. The Morgan fingerprint density at radius 1 is 1.04 bits per heavy atom. The van der Waals surface area contributed by atoms with Gasteiger partial charge in [0.15, 0.2) is 5.17 Å². The van der Waals surface area contributed by atoms with Crippen LogP contribution in [0.3, 0.4) is 0 Å². The number of aryl methyl sites for hydroxylation is 2. The van der Waals surface area contributed by atoms with Crippen LogP contribution >= 0.6 is 11.8 Å². The molecule has 3 nitrogen and oxygen atoms in total. The fraction of sp³-hybridized carbons (Fsp3) is 0.143. The number of nitrogens with zero attached hydrogens (tertiary/aromatic N) is 1. The van der Waals surface area contributed by atoms with Crippen molar-refractivity contribution in [2.45, 2.75) is 20.8 Å². The predicted octanol–water partition coefficient (Wildman–Crippen LogP) is 5.14. The van der Waals surface area contributed by atoms with Crippen molar-refractivity contribution in [2.75, 3.05) is 0 Å². The Morgan fingerprint density at radius 2 is 1.72 bits per heavy atom. The van der Waals surface area contributed by atoms with Crippen LogP contribution in [-0.4, -0.2) is 11.1 Å². The monoisotopic (exact) mass is 348 g/mol. The van der Waals surface area contributed by atoms with Crippen molar-refractivity contribution in [1.82, 2.24) is 5.32 Å². The van der Waals surface area contributed by atoms with Gasteiger partial charge in [-0.1, -0.05) is 54.6 Å². The summed E-state index contributed by atoms with van der Waals surface area (Å²) >= 11 is 1.38. The molecule has 1 aliphatic heterocycles. The van der Waals surface area contributed by atoms with Crippen LogP contribution in [0.15, 0.2) is 70.1 Å². The maximum absolute atomic E-state index is 12.2. The third-order valence-electron chi connectivity index (χ3n) is 3.86. The highest BCUT2D eigenvalue weighted by molar-refractivity contribution is 8.18. The summed E-state index contributed by atoms with van der Waals surface area (Å²) in [5.41, 5.74) is 5.25. The first-order valence-corrected chi connectivity index (χ1v) is 8.94. The molecule has 4 heteroatoms. The van der Waals surface area contributed by atoms with Gasteiger partial charge in [-0.05, 0) is 60.9 Å². The van der Waals surface area contributed by atoms with E-state index in [0.29, 0.717) is 10.1 Å². The van der Waals surface area contributed by atoms with Gasteiger partial charge in [0.05, 0.1) is 10.6 Å². The topological polar surface area (TPSA) is 41.5 Å². The van der Waals surface area contributed by atoms with Crippen molar-refractivity contribution in [3.63, 3.8) is 0 Å². The fourth-order valence-corrected chi connectivity index (χ4v) is 3.50. The number of allylic oxidation sites excluding steroid dienone is 2. The zero-order valence-corrected chi connectivity index (χ0v) is 15.4. The summed E-state index contributed by atoms with van der Waals surface area (Å²) < 4.78 is 0. The minimum absolute atomic E-state index is 0.101. The number of aliphatic imine (C=N–C) groups is 1. The first-order chi connectivity index (χ1) is 12.0. The summed E-state index contributed by atoms with van der Waals surface area (Å²) in [5, 5.41) is 3.48. The maximum atomic E-state index is 12.2. The molecule has 126 valence electrons. The molecule has 25 heavy (non-hydrogen) atoms. The lowest BCUT2D eigenvalue weighted by Gasteiger charge is -2.04. The van der Waals surface area contributed by atoms with Crippen LogP contribution < -0.4 is 5.32 Å². The number of amides is 1. The molecule has 0 aliphatic carbocycles. The van der Waals surface area contributed by atoms with E-state index in [9.17, 15) is 4.79 Å². The van der Waals surface area contributed by atoms with Gasteiger partial charge in [0, 0.05) is 0 Å². The zero-order valence-electron chi connectivity index (χ0n) is 14.5. The summed E-state index contributed by atoms with van der Waals surface area (Å²) in [7, 11) is 0. The van der Waals surface area contributed by atoms with E-state index in [1.54, 1.807) is 0 Å². The molecule has 0 bridgehead atoms. The van der Waals surface area contributed by atoms with E-state index in [2.05, 4.69) is 16.4 Å². The molecule has 1 N–H and O–H groups in total. The number of carbonyl (C=O) groups excluding carboxylic acids is 1. The van der Waals surface area contributed by atoms with Gasteiger partial charge in [-0.2, -0.15) is 0 Å². The summed E-state index contributed by atoms with van der Waals surface area (Å²) in [4.78, 5) is 17.5. The number of carbonyl (C=O) groups is 1. The van der Waals surface area contributed by atoms with Gasteiger partial charge in [0.25, 0.3) is 5.91 Å². The zero-order chi connectivity index (χ0) is 17.8. The van der Waals surface area contributed by atoms with Crippen molar-refractivity contribution in [2.24, 2.45) is 4.99 Å². The number of nitrogens with one attached hydrogen (secondary N) is 1. The molecule has 0 spiro atoms. The summed E-state index contributed by atoms with van der Waals surface area (Å²) in [6, 6.07) is 16.1. The van der Waals surface area contributed by atoms with Crippen LogP contribution in [0.25, 0.3) is 6.08 Å². The fourth-order valence-electron chi connectivity index (χ4n) is 2.62. The van der Waals surface area contributed by atoms with E-state index in [4.69, 9.17) is 0 Å². The first-order valence-electron chi connectivity index (χ1n) is 8.12. The van der Waals surface area contributed by atoms with Crippen LogP contribution in [0, 0.1) is 13.8 Å². The molecule has 0 aromatic heterocycles. The highest BCUT2D eigenvalue weighted by atomic mass is 32.2. The number of rotatable bonds is 3. The molecule has 2 aromatic rings. The second-order valence-electron chi connectivity index (χ2n) is 6.02. The normalized spacial score (nSPS) is 18.0. The SMILES string of the molecule is CC(/C=C1\SC(=Nc2c(C)cccc2C)NC1=O)=C\c1ccccc1. The van der Waals surface area contributed by atoms with Crippen molar-refractivity contribution in [3.05, 3.63) is 81.8 Å².